The van der Waals surface area contributed by atoms with Crippen LogP contribution >= 0.6 is 27.7 Å². The number of aliphatic imine (C=N–C) groups is 1. The lowest BCUT2D eigenvalue weighted by molar-refractivity contribution is 0.0977. The molecule has 0 aliphatic carbocycles. The molecule has 1 aliphatic rings. The van der Waals surface area contributed by atoms with Gasteiger partial charge in [-0.25, -0.2) is 13.1 Å². The summed E-state index contributed by atoms with van der Waals surface area (Å²) >= 11 is 4.72. The van der Waals surface area contributed by atoms with Crippen molar-refractivity contribution in [1.82, 2.24) is 10.0 Å². The second-order valence-corrected chi connectivity index (χ2v) is 8.23. The van der Waals surface area contributed by atoms with Gasteiger partial charge < -0.3 is 10.1 Å². The summed E-state index contributed by atoms with van der Waals surface area (Å²) in [6.07, 6.45) is 0. The van der Waals surface area contributed by atoms with Crippen LogP contribution in [0.1, 0.15) is 10.4 Å². The van der Waals surface area contributed by atoms with E-state index in [4.69, 9.17) is 4.74 Å². The van der Waals surface area contributed by atoms with Crippen LogP contribution in [0, 0.1) is 0 Å². The second kappa shape index (κ2) is 8.25. The molecule has 0 spiro atoms. The van der Waals surface area contributed by atoms with Gasteiger partial charge in [-0.1, -0.05) is 11.8 Å². The fourth-order valence-electron chi connectivity index (χ4n) is 1.78. The van der Waals surface area contributed by atoms with Crippen molar-refractivity contribution in [2.75, 3.05) is 32.6 Å². The third-order valence-corrected chi connectivity index (χ3v) is 5.94. The minimum atomic E-state index is -3.70. The van der Waals surface area contributed by atoms with Crippen molar-refractivity contribution in [3.63, 3.8) is 0 Å². The fourth-order valence-corrected chi connectivity index (χ4v) is 3.97. The highest BCUT2D eigenvalue weighted by Gasteiger charge is 2.20. The Hall–Kier alpha value is -0.940. The third kappa shape index (κ3) is 5.01. The number of hydrogen-bond donors (Lipinski definition) is 2. The monoisotopic (exact) mass is 421 g/mol. The molecule has 0 saturated heterocycles. The fraction of sp³-hybridized carbons (Fsp3) is 0.385. The number of hydrogen-bond acceptors (Lipinski definition) is 6. The SMILES string of the molecule is COCCNS(=O)(=O)c1ccc(Br)c(C(=O)NC2=NCCS2)c1. The molecule has 2 rings (SSSR count). The van der Waals surface area contributed by atoms with Crippen LogP contribution in [-0.4, -0.2) is 52.1 Å². The molecule has 2 N–H and O–H groups in total. The molecule has 23 heavy (non-hydrogen) atoms. The Morgan fingerprint density at radius 3 is 2.91 bits per heavy atom. The van der Waals surface area contributed by atoms with Crippen molar-refractivity contribution in [3.8, 4) is 0 Å². The van der Waals surface area contributed by atoms with Gasteiger partial charge in [0.1, 0.15) is 0 Å². The van der Waals surface area contributed by atoms with Crippen LogP contribution in [0.25, 0.3) is 0 Å². The molecule has 0 aromatic heterocycles. The smallest absolute Gasteiger partial charge is 0.258 e. The lowest BCUT2D eigenvalue weighted by atomic mass is 10.2. The normalized spacial score (nSPS) is 14.6. The van der Waals surface area contributed by atoms with Gasteiger partial charge in [-0.05, 0) is 34.1 Å². The van der Waals surface area contributed by atoms with E-state index in [0.717, 1.165) is 5.75 Å². The molecule has 7 nitrogen and oxygen atoms in total. The van der Waals surface area contributed by atoms with Gasteiger partial charge in [-0.2, -0.15) is 0 Å². The number of ether oxygens (including phenoxy) is 1. The molecule has 0 unspecified atom stereocenters. The Balaban J connectivity index is 2.19. The number of rotatable bonds is 6. The summed E-state index contributed by atoms with van der Waals surface area (Å²) in [6.45, 7) is 1.09. The van der Waals surface area contributed by atoms with E-state index in [1.165, 1.54) is 37.1 Å². The summed E-state index contributed by atoms with van der Waals surface area (Å²) < 4.78 is 32.1. The van der Waals surface area contributed by atoms with Crippen molar-refractivity contribution < 1.29 is 17.9 Å². The van der Waals surface area contributed by atoms with Crippen molar-refractivity contribution in [3.05, 3.63) is 28.2 Å². The Bertz CT molecular complexity index is 722. The van der Waals surface area contributed by atoms with Gasteiger partial charge in [-0.3, -0.25) is 9.79 Å². The van der Waals surface area contributed by atoms with Gasteiger partial charge in [0.15, 0.2) is 5.17 Å². The maximum Gasteiger partial charge on any atom is 0.258 e. The van der Waals surface area contributed by atoms with Crippen LogP contribution in [0.4, 0.5) is 0 Å². The van der Waals surface area contributed by atoms with Gasteiger partial charge in [-0.15, -0.1) is 0 Å². The predicted molar refractivity (Wildman–Crippen MR) is 93.4 cm³/mol. The van der Waals surface area contributed by atoms with Crippen molar-refractivity contribution in [2.24, 2.45) is 4.99 Å². The van der Waals surface area contributed by atoms with E-state index in [9.17, 15) is 13.2 Å². The first kappa shape index (κ1) is 18.4. The van der Waals surface area contributed by atoms with Crippen LogP contribution in [-0.2, 0) is 14.8 Å². The molecular formula is C13H16BrN3O4S2. The molecule has 1 heterocycles. The van der Waals surface area contributed by atoms with Crippen LogP contribution in [0.3, 0.4) is 0 Å². The number of benzene rings is 1. The minimum Gasteiger partial charge on any atom is -0.383 e. The first-order chi connectivity index (χ1) is 10.9. The van der Waals surface area contributed by atoms with Gasteiger partial charge in [0.2, 0.25) is 10.0 Å². The van der Waals surface area contributed by atoms with Gasteiger partial charge in [0.25, 0.3) is 5.91 Å². The maximum atomic E-state index is 12.3. The summed E-state index contributed by atoms with van der Waals surface area (Å²) in [5.74, 6) is 0.424. The molecule has 0 radical (unpaired) electrons. The molecule has 0 bridgehead atoms. The van der Waals surface area contributed by atoms with Crippen LogP contribution < -0.4 is 10.0 Å². The molecule has 1 aromatic carbocycles. The summed E-state index contributed by atoms with van der Waals surface area (Å²) in [6, 6.07) is 4.29. The predicted octanol–water partition coefficient (Wildman–Crippen LogP) is 1.21. The van der Waals surface area contributed by atoms with E-state index in [0.29, 0.717) is 16.2 Å². The molecule has 0 fully saturated rings. The Labute approximate surface area is 147 Å². The summed E-state index contributed by atoms with van der Waals surface area (Å²) in [4.78, 5) is 16.4. The molecule has 10 heteroatoms. The zero-order chi connectivity index (χ0) is 16.9. The summed E-state index contributed by atoms with van der Waals surface area (Å²) in [5, 5.41) is 3.23. The van der Waals surface area contributed by atoms with E-state index in [2.05, 4.69) is 31.0 Å². The van der Waals surface area contributed by atoms with Crippen LogP contribution in [0.15, 0.2) is 32.6 Å². The van der Waals surface area contributed by atoms with Crippen molar-refractivity contribution in [2.45, 2.75) is 4.90 Å². The number of amidine groups is 1. The lowest BCUT2D eigenvalue weighted by Gasteiger charge is -2.10. The number of sulfonamides is 1. The van der Waals surface area contributed by atoms with Crippen molar-refractivity contribution >= 4 is 48.8 Å². The van der Waals surface area contributed by atoms with Gasteiger partial charge >= 0.3 is 0 Å². The molecule has 1 aliphatic heterocycles. The Kier molecular flexibility index (Phi) is 6.60. The molecule has 0 atom stereocenters. The van der Waals surface area contributed by atoms with E-state index >= 15 is 0 Å². The second-order valence-electron chi connectivity index (χ2n) is 4.52. The number of carbonyl (C=O) groups excluding carboxylic acids is 1. The molecule has 1 aromatic rings. The zero-order valence-corrected chi connectivity index (χ0v) is 15.6. The van der Waals surface area contributed by atoms with Crippen LogP contribution in [0.2, 0.25) is 0 Å². The van der Waals surface area contributed by atoms with Gasteiger partial charge in [0.05, 0.1) is 23.6 Å². The maximum absolute atomic E-state index is 12.3. The molecule has 1 amide bonds. The standard InChI is InChI=1S/C13H16BrN3O4S2/c1-21-6-4-16-23(19,20)9-2-3-11(14)10(8-9)12(18)17-13-15-5-7-22-13/h2-3,8,16H,4-7H2,1H3,(H,15,17,18). The summed E-state index contributed by atoms with van der Waals surface area (Å²) in [5.41, 5.74) is 0.231. The average molecular weight is 422 g/mol. The quantitative estimate of drug-likeness (QED) is 0.672. The van der Waals surface area contributed by atoms with E-state index in [1.807, 2.05) is 0 Å². The minimum absolute atomic E-state index is 0.0166. The van der Waals surface area contributed by atoms with Crippen molar-refractivity contribution in [1.29, 1.82) is 0 Å². The number of carbonyl (C=O) groups is 1. The lowest BCUT2D eigenvalue weighted by Crippen LogP contribution is -2.29. The highest BCUT2D eigenvalue weighted by molar-refractivity contribution is 9.10. The molecular weight excluding hydrogens is 406 g/mol. The number of amides is 1. The topological polar surface area (TPSA) is 96.9 Å². The van der Waals surface area contributed by atoms with Crippen LogP contribution in [0.5, 0.6) is 0 Å². The first-order valence-electron chi connectivity index (χ1n) is 6.71. The third-order valence-electron chi connectivity index (χ3n) is 2.90. The summed E-state index contributed by atoms with van der Waals surface area (Å²) in [7, 11) is -2.21. The Morgan fingerprint density at radius 1 is 1.48 bits per heavy atom. The number of halogens is 1. The molecule has 126 valence electrons. The number of nitrogens with zero attached hydrogens (tertiary/aromatic N) is 1. The zero-order valence-electron chi connectivity index (χ0n) is 12.3. The largest absolute Gasteiger partial charge is 0.383 e. The number of nitrogens with one attached hydrogen (secondary N) is 2. The highest BCUT2D eigenvalue weighted by atomic mass is 79.9. The number of thioether (sulfide) groups is 1. The first-order valence-corrected chi connectivity index (χ1v) is 9.97. The van der Waals surface area contributed by atoms with E-state index in [-0.39, 0.29) is 23.6 Å². The highest BCUT2D eigenvalue weighted by Crippen LogP contribution is 2.21. The Morgan fingerprint density at radius 2 is 2.26 bits per heavy atom. The van der Waals surface area contributed by atoms with Gasteiger partial charge in [0, 0.05) is 23.9 Å². The van der Waals surface area contributed by atoms with E-state index in [1.54, 1.807) is 0 Å². The molecule has 0 saturated carbocycles. The number of methoxy groups -OCH3 is 1. The van der Waals surface area contributed by atoms with E-state index < -0.39 is 15.9 Å². The average Bonchev–Trinajstić information content (AvgIpc) is 3.00.